The molecule has 1 aromatic rings. The highest BCUT2D eigenvalue weighted by Gasteiger charge is 2.18. The number of hydrogen-bond donors (Lipinski definition) is 3. The average molecular weight is 288 g/mol. The van der Waals surface area contributed by atoms with Crippen LogP contribution in [-0.2, 0) is 6.42 Å². The van der Waals surface area contributed by atoms with E-state index in [1.54, 1.807) is 0 Å². The van der Waals surface area contributed by atoms with E-state index >= 15 is 0 Å². The molecule has 1 aromatic carbocycles. The van der Waals surface area contributed by atoms with Gasteiger partial charge in [-0.15, -0.1) is 0 Å². The second-order valence-corrected chi connectivity index (χ2v) is 6.68. The fourth-order valence-corrected chi connectivity index (χ4v) is 2.30. The molecule has 0 radical (unpaired) electrons. The Morgan fingerprint density at radius 1 is 1.33 bits per heavy atom. The van der Waals surface area contributed by atoms with E-state index in [0.717, 1.165) is 32.0 Å². The molecule has 4 nitrogen and oxygen atoms in total. The van der Waals surface area contributed by atoms with Crippen molar-refractivity contribution < 1.29 is 0 Å². The van der Waals surface area contributed by atoms with Gasteiger partial charge in [-0.25, -0.2) is 0 Å². The van der Waals surface area contributed by atoms with Gasteiger partial charge in [-0.2, -0.15) is 0 Å². The number of guanidine groups is 1. The smallest absolute Gasteiger partial charge is 0.191 e. The highest BCUT2D eigenvalue weighted by atomic mass is 15.2. The average Bonchev–Trinajstić information content (AvgIpc) is 2.53. The van der Waals surface area contributed by atoms with Crippen LogP contribution in [0.15, 0.2) is 35.3 Å². The van der Waals surface area contributed by atoms with E-state index in [2.05, 4.69) is 59.8 Å². The second-order valence-electron chi connectivity index (χ2n) is 6.68. The molecule has 0 amide bonds. The first-order chi connectivity index (χ1) is 10.1. The molecule has 4 heteroatoms. The summed E-state index contributed by atoms with van der Waals surface area (Å²) in [4.78, 5) is 4.61. The van der Waals surface area contributed by atoms with Gasteiger partial charge < -0.3 is 16.4 Å². The van der Waals surface area contributed by atoms with Gasteiger partial charge in [0, 0.05) is 19.6 Å². The maximum atomic E-state index is 5.74. The van der Waals surface area contributed by atoms with Crippen molar-refractivity contribution in [2.24, 2.45) is 22.1 Å². The molecule has 116 valence electrons. The van der Waals surface area contributed by atoms with Crippen LogP contribution in [0, 0.1) is 11.3 Å². The van der Waals surface area contributed by atoms with E-state index in [1.807, 2.05) is 0 Å². The van der Waals surface area contributed by atoms with Crippen LogP contribution < -0.4 is 16.4 Å². The Balaban J connectivity index is 1.72. The SMILES string of the molecule is CC(C)(CN)CNC1=NCC(CCc2ccccc2)CN1. The van der Waals surface area contributed by atoms with Gasteiger partial charge in [-0.3, -0.25) is 4.99 Å². The summed E-state index contributed by atoms with van der Waals surface area (Å²) in [6.07, 6.45) is 2.31. The van der Waals surface area contributed by atoms with Crippen molar-refractivity contribution in [1.29, 1.82) is 0 Å². The van der Waals surface area contributed by atoms with Crippen LogP contribution in [0.4, 0.5) is 0 Å². The number of aliphatic imine (C=N–C) groups is 1. The Kier molecular flexibility index (Phi) is 5.62. The third-order valence-electron chi connectivity index (χ3n) is 4.04. The van der Waals surface area contributed by atoms with Gasteiger partial charge in [-0.05, 0) is 36.3 Å². The highest BCUT2D eigenvalue weighted by Crippen LogP contribution is 2.13. The van der Waals surface area contributed by atoms with Crippen molar-refractivity contribution >= 4 is 5.96 Å². The van der Waals surface area contributed by atoms with Crippen molar-refractivity contribution in [3.63, 3.8) is 0 Å². The number of aryl methyl sites for hydroxylation is 1. The number of rotatable bonds is 6. The summed E-state index contributed by atoms with van der Waals surface area (Å²) in [6, 6.07) is 10.7. The summed E-state index contributed by atoms with van der Waals surface area (Å²) in [5.74, 6) is 1.55. The Bertz CT molecular complexity index is 453. The van der Waals surface area contributed by atoms with Gasteiger partial charge in [0.25, 0.3) is 0 Å². The second kappa shape index (κ2) is 7.46. The minimum Gasteiger partial charge on any atom is -0.356 e. The molecule has 2 rings (SSSR count). The molecule has 1 unspecified atom stereocenters. The lowest BCUT2D eigenvalue weighted by molar-refractivity contribution is 0.370. The molecule has 0 spiro atoms. The monoisotopic (exact) mass is 288 g/mol. The molecule has 1 aliphatic rings. The maximum absolute atomic E-state index is 5.74. The van der Waals surface area contributed by atoms with E-state index < -0.39 is 0 Å². The molecule has 0 aromatic heterocycles. The molecule has 0 saturated carbocycles. The molecule has 1 atom stereocenters. The first-order valence-electron chi connectivity index (χ1n) is 7.85. The Morgan fingerprint density at radius 3 is 2.71 bits per heavy atom. The lowest BCUT2D eigenvalue weighted by Gasteiger charge is -2.27. The van der Waals surface area contributed by atoms with E-state index in [4.69, 9.17) is 5.73 Å². The third-order valence-corrected chi connectivity index (χ3v) is 4.04. The predicted molar refractivity (Wildman–Crippen MR) is 89.4 cm³/mol. The quantitative estimate of drug-likeness (QED) is 0.747. The van der Waals surface area contributed by atoms with Gasteiger partial charge in [0.05, 0.1) is 0 Å². The van der Waals surface area contributed by atoms with Crippen LogP contribution in [0.2, 0.25) is 0 Å². The first kappa shape index (κ1) is 15.8. The summed E-state index contributed by atoms with van der Waals surface area (Å²) in [7, 11) is 0. The van der Waals surface area contributed by atoms with Crippen molar-refractivity contribution in [2.45, 2.75) is 26.7 Å². The predicted octanol–water partition coefficient (Wildman–Crippen LogP) is 1.77. The molecule has 0 fully saturated rings. The number of hydrogen-bond acceptors (Lipinski definition) is 4. The van der Waals surface area contributed by atoms with E-state index in [-0.39, 0.29) is 5.41 Å². The van der Waals surface area contributed by atoms with E-state index in [1.165, 1.54) is 12.0 Å². The van der Waals surface area contributed by atoms with Gasteiger partial charge >= 0.3 is 0 Å². The van der Waals surface area contributed by atoms with Crippen LogP contribution in [0.1, 0.15) is 25.8 Å². The highest BCUT2D eigenvalue weighted by molar-refractivity contribution is 5.80. The van der Waals surface area contributed by atoms with E-state index in [9.17, 15) is 0 Å². The molecule has 1 aliphatic heterocycles. The van der Waals surface area contributed by atoms with Crippen LogP contribution in [-0.4, -0.2) is 32.1 Å². The zero-order valence-electron chi connectivity index (χ0n) is 13.2. The molecule has 0 bridgehead atoms. The first-order valence-corrected chi connectivity index (χ1v) is 7.85. The summed E-state index contributed by atoms with van der Waals surface area (Å²) in [6.45, 7) is 7.75. The summed E-state index contributed by atoms with van der Waals surface area (Å²) < 4.78 is 0. The number of benzene rings is 1. The van der Waals surface area contributed by atoms with Crippen LogP contribution in [0.3, 0.4) is 0 Å². The minimum atomic E-state index is 0.106. The van der Waals surface area contributed by atoms with Crippen LogP contribution in [0.25, 0.3) is 0 Å². The normalized spacial score (nSPS) is 18.8. The fourth-order valence-electron chi connectivity index (χ4n) is 2.30. The Hall–Kier alpha value is -1.55. The largest absolute Gasteiger partial charge is 0.356 e. The standard InChI is InChI=1S/C17H28N4/c1-17(2,12-18)13-21-16-19-10-15(11-20-16)9-8-14-6-4-3-5-7-14/h3-7,15H,8-13,18H2,1-2H3,(H2,19,20,21). The molecule has 4 N–H and O–H groups in total. The van der Waals surface area contributed by atoms with Crippen molar-refractivity contribution in [3.05, 3.63) is 35.9 Å². The summed E-state index contributed by atoms with van der Waals surface area (Å²) >= 11 is 0. The summed E-state index contributed by atoms with van der Waals surface area (Å²) in [5.41, 5.74) is 7.26. The van der Waals surface area contributed by atoms with Crippen molar-refractivity contribution in [2.75, 3.05) is 26.2 Å². The van der Waals surface area contributed by atoms with Crippen LogP contribution in [0.5, 0.6) is 0 Å². The molecule has 1 heterocycles. The van der Waals surface area contributed by atoms with Gasteiger partial charge in [0.2, 0.25) is 0 Å². The number of nitrogens with zero attached hydrogens (tertiary/aromatic N) is 1. The summed E-state index contributed by atoms with van der Waals surface area (Å²) in [5, 5.41) is 6.77. The number of nitrogens with two attached hydrogens (primary N) is 1. The van der Waals surface area contributed by atoms with Crippen LogP contribution >= 0.6 is 0 Å². The zero-order chi connectivity index (χ0) is 15.1. The third kappa shape index (κ3) is 5.38. The Morgan fingerprint density at radius 2 is 2.10 bits per heavy atom. The fraction of sp³-hybridized carbons (Fsp3) is 0.588. The molecular formula is C17H28N4. The van der Waals surface area contributed by atoms with Crippen molar-refractivity contribution in [3.8, 4) is 0 Å². The molecule has 0 saturated heterocycles. The lowest BCUT2D eigenvalue weighted by atomic mass is 9.94. The number of nitrogens with one attached hydrogen (secondary N) is 2. The topological polar surface area (TPSA) is 62.4 Å². The lowest BCUT2D eigenvalue weighted by Crippen LogP contribution is -2.48. The van der Waals surface area contributed by atoms with Crippen molar-refractivity contribution in [1.82, 2.24) is 10.6 Å². The van der Waals surface area contributed by atoms with Gasteiger partial charge in [0.1, 0.15) is 0 Å². The van der Waals surface area contributed by atoms with Gasteiger partial charge in [-0.1, -0.05) is 44.2 Å². The Labute approximate surface area is 128 Å². The molecule has 21 heavy (non-hydrogen) atoms. The molecule has 0 aliphatic carbocycles. The maximum Gasteiger partial charge on any atom is 0.191 e. The zero-order valence-corrected chi connectivity index (χ0v) is 13.2. The minimum absolute atomic E-state index is 0.106. The van der Waals surface area contributed by atoms with Gasteiger partial charge in [0.15, 0.2) is 5.96 Å². The van der Waals surface area contributed by atoms with E-state index in [0.29, 0.717) is 12.5 Å². The molecular weight excluding hydrogens is 260 g/mol.